The Hall–Kier alpha value is -2.45. The Labute approximate surface area is 187 Å². The van der Waals surface area contributed by atoms with E-state index in [-0.39, 0.29) is 10.6 Å². The second kappa shape index (κ2) is 8.00. The minimum absolute atomic E-state index is 0.112. The summed E-state index contributed by atoms with van der Waals surface area (Å²) >= 11 is 13.4. The van der Waals surface area contributed by atoms with Crippen molar-refractivity contribution < 1.29 is 13.2 Å². The molecule has 30 heavy (non-hydrogen) atoms. The smallest absolute Gasteiger partial charge is 0.272 e. The van der Waals surface area contributed by atoms with E-state index in [2.05, 4.69) is 5.10 Å². The standard InChI is InChI=1S/C21H14Cl2N2O3S2/c1-30(27,28)14-6-4-5-13(11-14)19-9-10-20(29-19)18-12-16(21(23)26)24-25(18)17-8-3-2-7-15(17)22/h2-12H,1H3. The summed E-state index contributed by atoms with van der Waals surface area (Å²) < 4.78 is 25.3. The van der Waals surface area contributed by atoms with Crippen molar-refractivity contribution in [2.24, 2.45) is 0 Å². The summed E-state index contributed by atoms with van der Waals surface area (Å²) in [4.78, 5) is 13.7. The maximum absolute atomic E-state index is 11.9. The molecule has 0 atom stereocenters. The minimum atomic E-state index is -3.31. The van der Waals surface area contributed by atoms with E-state index in [4.69, 9.17) is 23.2 Å². The molecule has 2 heterocycles. The molecule has 0 unspecified atom stereocenters. The van der Waals surface area contributed by atoms with Gasteiger partial charge in [-0.25, -0.2) is 13.1 Å². The van der Waals surface area contributed by atoms with Gasteiger partial charge in [-0.2, -0.15) is 5.10 Å². The van der Waals surface area contributed by atoms with Crippen LogP contribution in [0.25, 0.3) is 26.7 Å². The lowest BCUT2D eigenvalue weighted by Crippen LogP contribution is -2.00. The SMILES string of the molecule is CS(=O)(=O)c1cccc(-c2ccc(-c3cc(C(=O)Cl)nn3-c3ccccc3Cl)s2)c1. The Kier molecular flexibility index (Phi) is 5.55. The van der Waals surface area contributed by atoms with Crippen molar-refractivity contribution in [3.8, 4) is 26.7 Å². The molecule has 4 aromatic rings. The fraction of sp³-hybridized carbons (Fsp3) is 0.0476. The third-order valence-electron chi connectivity index (χ3n) is 4.40. The van der Waals surface area contributed by atoms with E-state index in [1.807, 2.05) is 24.3 Å². The van der Waals surface area contributed by atoms with Crippen molar-refractivity contribution in [2.45, 2.75) is 4.90 Å². The molecule has 152 valence electrons. The second-order valence-electron chi connectivity index (χ2n) is 6.52. The molecular weight excluding hydrogens is 463 g/mol. The predicted molar refractivity (Wildman–Crippen MR) is 121 cm³/mol. The van der Waals surface area contributed by atoms with Crippen LogP contribution >= 0.6 is 34.5 Å². The fourth-order valence-corrected chi connectivity index (χ4v) is 4.95. The van der Waals surface area contributed by atoms with E-state index < -0.39 is 15.1 Å². The van der Waals surface area contributed by atoms with Crippen LogP contribution in [0.1, 0.15) is 10.5 Å². The molecule has 0 aliphatic carbocycles. The van der Waals surface area contributed by atoms with Gasteiger partial charge in [0.15, 0.2) is 9.84 Å². The largest absolute Gasteiger partial charge is 0.274 e. The van der Waals surface area contributed by atoms with Gasteiger partial charge in [0.05, 0.1) is 26.2 Å². The van der Waals surface area contributed by atoms with Gasteiger partial charge in [0, 0.05) is 11.1 Å². The molecule has 0 fully saturated rings. The van der Waals surface area contributed by atoms with E-state index in [9.17, 15) is 13.2 Å². The molecule has 0 N–H and O–H groups in total. The molecule has 4 rings (SSSR count). The third kappa shape index (κ3) is 4.06. The van der Waals surface area contributed by atoms with Crippen LogP contribution in [0.5, 0.6) is 0 Å². The average molecular weight is 477 g/mol. The number of thiophene rings is 1. The Balaban J connectivity index is 1.83. The van der Waals surface area contributed by atoms with Gasteiger partial charge in [0.1, 0.15) is 5.69 Å². The van der Waals surface area contributed by atoms with Crippen molar-refractivity contribution in [3.63, 3.8) is 0 Å². The Bertz CT molecular complexity index is 1370. The number of para-hydroxylation sites is 1. The zero-order valence-electron chi connectivity index (χ0n) is 15.5. The lowest BCUT2D eigenvalue weighted by Gasteiger charge is -2.07. The number of aromatic nitrogens is 2. The molecule has 5 nitrogen and oxygen atoms in total. The normalized spacial score (nSPS) is 11.6. The van der Waals surface area contributed by atoms with Crippen LogP contribution in [0.3, 0.4) is 0 Å². The Morgan fingerprint density at radius 3 is 2.43 bits per heavy atom. The molecule has 2 aromatic heterocycles. The average Bonchev–Trinajstić information content (AvgIpc) is 3.35. The molecule has 2 aromatic carbocycles. The number of sulfone groups is 1. The molecular formula is C21H14Cl2N2O3S2. The van der Waals surface area contributed by atoms with Gasteiger partial charge in [-0.1, -0.05) is 35.9 Å². The summed E-state index contributed by atoms with van der Waals surface area (Å²) in [5.74, 6) is 0. The Morgan fingerprint density at radius 2 is 1.73 bits per heavy atom. The zero-order chi connectivity index (χ0) is 21.5. The van der Waals surface area contributed by atoms with Crippen LogP contribution in [0, 0.1) is 0 Å². The van der Waals surface area contributed by atoms with Crippen molar-refractivity contribution in [3.05, 3.63) is 77.4 Å². The predicted octanol–water partition coefficient (Wildman–Crippen LogP) is 5.70. The topological polar surface area (TPSA) is 69.0 Å². The summed E-state index contributed by atoms with van der Waals surface area (Å²) in [6.07, 6.45) is 1.18. The number of rotatable bonds is 5. The third-order valence-corrected chi connectivity index (χ3v) is 7.18. The van der Waals surface area contributed by atoms with E-state index in [0.717, 1.165) is 15.3 Å². The maximum atomic E-state index is 11.9. The van der Waals surface area contributed by atoms with Gasteiger partial charge in [-0.3, -0.25) is 4.79 Å². The first-order valence-corrected chi connectivity index (χ1v) is 12.2. The maximum Gasteiger partial charge on any atom is 0.272 e. The van der Waals surface area contributed by atoms with E-state index in [1.54, 1.807) is 47.1 Å². The van der Waals surface area contributed by atoms with Crippen molar-refractivity contribution >= 4 is 49.6 Å². The molecule has 0 bridgehead atoms. The van der Waals surface area contributed by atoms with E-state index >= 15 is 0 Å². The number of hydrogen-bond donors (Lipinski definition) is 0. The van der Waals surface area contributed by atoms with Crippen LogP contribution in [0.15, 0.2) is 71.6 Å². The molecule has 9 heteroatoms. The van der Waals surface area contributed by atoms with Crippen LogP contribution in [-0.4, -0.2) is 29.7 Å². The monoisotopic (exact) mass is 476 g/mol. The summed E-state index contributed by atoms with van der Waals surface area (Å²) in [5, 5.41) is 4.14. The molecule has 0 saturated carbocycles. The van der Waals surface area contributed by atoms with Crippen LogP contribution in [0.4, 0.5) is 0 Å². The van der Waals surface area contributed by atoms with E-state index in [1.165, 1.54) is 17.6 Å². The molecule has 0 radical (unpaired) electrons. The molecule has 0 aliphatic heterocycles. The van der Waals surface area contributed by atoms with E-state index in [0.29, 0.717) is 16.4 Å². The van der Waals surface area contributed by atoms with Gasteiger partial charge in [0.25, 0.3) is 5.24 Å². The lowest BCUT2D eigenvalue weighted by molar-refractivity contribution is 0.107. The van der Waals surface area contributed by atoms with Crippen LogP contribution in [-0.2, 0) is 9.84 Å². The molecule has 0 amide bonds. The lowest BCUT2D eigenvalue weighted by atomic mass is 10.2. The van der Waals surface area contributed by atoms with Crippen molar-refractivity contribution in [2.75, 3.05) is 6.26 Å². The highest BCUT2D eigenvalue weighted by molar-refractivity contribution is 7.90. The fourth-order valence-electron chi connectivity index (χ4n) is 2.97. The number of carbonyl (C=O) groups is 1. The number of benzene rings is 2. The Morgan fingerprint density at radius 1 is 1.00 bits per heavy atom. The number of nitrogens with zero attached hydrogens (tertiary/aromatic N) is 2. The number of carbonyl (C=O) groups excluding carboxylic acids is 1. The molecule has 0 spiro atoms. The summed E-state index contributed by atoms with van der Waals surface area (Å²) in [5.41, 5.74) is 2.17. The van der Waals surface area contributed by atoms with Gasteiger partial charge in [0.2, 0.25) is 0 Å². The second-order valence-corrected chi connectivity index (χ2v) is 10.4. The first-order chi connectivity index (χ1) is 14.2. The quantitative estimate of drug-likeness (QED) is 0.346. The van der Waals surface area contributed by atoms with Crippen molar-refractivity contribution in [1.82, 2.24) is 9.78 Å². The highest BCUT2D eigenvalue weighted by atomic mass is 35.5. The van der Waals surface area contributed by atoms with Gasteiger partial charge in [-0.15, -0.1) is 11.3 Å². The van der Waals surface area contributed by atoms with Crippen LogP contribution in [0.2, 0.25) is 5.02 Å². The minimum Gasteiger partial charge on any atom is -0.274 e. The molecule has 0 saturated heterocycles. The van der Waals surface area contributed by atoms with Gasteiger partial charge in [-0.05, 0) is 59.6 Å². The first kappa shape index (κ1) is 20.8. The zero-order valence-corrected chi connectivity index (χ0v) is 18.7. The number of hydrogen-bond acceptors (Lipinski definition) is 5. The summed E-state index contributed by atoms with van der Waals surface area (Å²) in [6.45, 7) is 0. The van der Waals surface area contributed by atoms with Crippen LogP contribution < -0.4 is 0 Å². The summed E-state index contributed by atoms with van der Waals surface area (Å²) in [6, 6.07) is 19.3. The highest BCUT2D eigenvalue weighted by Crippen LogP contribution is 2.37. The van der Waals surface area contributed by atoms with Gasteiger partial charge >= 0.3 is 0 Å². The molecule has 0 aliphatic rings. The van der Waals surface area contributed by atoms with Gasteiger partial charge < -0.3 is 0 Å². The first-order valence-electron chi connectivity index (χ1n) is 8.69. The highest BCUT2D eigenvalue weighted by Gasteiger charge is 2.19. The van der Waals surface area contributed by atoms with Crippen molar-refractivity contribution in [1.29, 1.82) is 0 Å². The number of halogens is 2. The summed E-state index contributed by atoms with van der Waals surface area (Å²) in [7, 11) is -3.31.